The summed E-state index contributed by atoms with van der Waals surface area (Å²) in [7, 11) is 1.64. The first-order valence-electron chi connectivity index (χ1n) is 8.98. The van der Waals surface area contributed by atoms with Gasteiger partial charge in [-0.3, -0.25) is 4.79 Å². The number of aryl methyl sites for hydroxylation is 1. The van der Waals surface area contributed by atoms with Gasteiger partial charge < -0.3 is 19.3 Å². The number of methoxy groups -OCH3 is 1. The number of carbonyl (C=O) groups is 2. The lowest BCUT2D eigenvalue weighted by atomic mass is 10.1. The van der Waals surface area contributed by atoms with Crippen LogP contribution in [0, 0.1) is 6.92 Å². The Bertz CT molecular complexity index is 796. The molecule has 1 aliphatic heterocycles. The molecule has 6 nitrogen and oxygen atoms in total. The van der Waals surface area contributed by atoms with E-state index >= 15 is 0 Å². The molecule has 2 aromatic carbocycles. The van der Waals surface area contributed by atoms with Crippen LogP contribution in [-0.4, -0.2) is 56.7 Å². The maximum Gasteiger partial charge on any atom is 0.338 e. The van der Waals surface area contributed by atoms with Crippen LogP contribution >= 0.6 is 0 Å². The van der Waals surface area contributed by atoms with Gasteiger partial charge in [-0.25, -0.2) is 4.79 Å². The fraction of sp³-hybridized carbons (Fsp3) is 0.333. The fourth-order valence-corrected chi connectivity index (χ4v) is 3.11. The van der Waals surface area contributed by atoms with Crippen LogP contribution in [0.2, 0.25) is 0 Å². The van der Waals surface area contributed by atoms with Gasteiger partial charge in [0, 0.05) is 31.9 Å². The number of ether oxygens (including phenoxy) is 2. The molecule has 6 heteroatoms. The summed E-state index contributed by atoms with van der Waals surface area (Å²) in [5.41, 5.74) is 2.44. The molecule has 1 amide bonds. The van der Waals surface area contributed by atoms with Crippen molar-refractivity contribution in [2.75, 3.05) is 44.8 Å². The van der Waals surface area contributed by atoms with E-state index in [-0.39, 0.29) is 12.5 Å². The second kappa shape index (κ2) is 8.58. The summed E-state index contributed by atoms with van der Waals surface area (Å²) in [6, 6.07) is 15.1. The summed E-state index contributed by atoms with van der Waals surface area (Å²) in [4.78, 5) is 28.5. The summed E-state index contributed by atoms with van der Waals surface area (Å²) >= 11 is 0. The highest BCUT2D eigenvalue weighted by Gasteiger charge is 2.22. The molecule has 0 N–H and O–H groups in total. The number of nitrogens with zero attached hydrogens (tertiary/aromatic N) is 2. The molecule has 1 heterocycles. The minimum Gasteiger partial charge on any atom is -0.497 e. The highest BCUT2D eigenvalue weighted by Crippen LogP contribution is 2.20. The molecule has 142 valence electrons. The van der Waals surface area contributed by atoms with Crippen molar-refractivity contribution in [1.82, 2.24) is 4.90 Å². The lowest BCUT2D eigenvalue weighted by molar-refractivity contribution is -0.134. The third-order valence-corrected chi connectivity index (χ3v) is 4.76. The quantitative estimate of drug-likeness (QED) is 0.759. The summed E-state index contributed by atoms with van der Waals surface area (Å²) < 4.78 is 10.4. The normalized spacial score (nSPS) is 14.0. The number of hydrogen-bond acceptors (Lipinski definition) is 5. The Morgan fingerprint density at radius 2 is 1.63 bits per heavy atom. The van der Waals surface area contributed by atoms with E-state index in [0.717, 1.165) is 30.1 Å². The number of esters is 1. The van der Waals surface area contributed by atoms with Crippen LogP contribution in [-0.2, 0) is 9.53 Å². The molecule has 0 spiro atoms. The third kappa shape index (κ3) is 4.58. The van der Waals surface area contributed by atoms with Crippen molar-refractivity contribution in [3.8, 4) is 5.75 Å². The number of hydrogen-bond donors (Lipinski definition) is 0. The van der Waals surface area contributed by atoms with Crippen molar-refractivity contribution in [3.63, 3.8) is 0 Å². The monoisotopic (exact) mass is 368 g/mol. The summed E-state index contributed by atoms with van der Waals surface area (Å²) in [6.45, 7) is 4.31. The topological polar surface area (TPSA) is 59.1 Å². The molecule has 3 rings (SSSR count). The largest absolute Gasteiger partial charge is 0.497 e. The highest BCUT2D eigenvalue weighted by atomic mass is 16.5. The van der Waals surface area contributed by atoms with Gasteiger partial charge in [-0.15, -0.1) is 0 Å². The van der Waals surface area contributed by atoms with E-state index in [0.29, 0.717) is 18.7 Å². The van der Waals surface area contributed by atoms with Gasteiger partial charge in [-0.1, -0.05) is 18.2 Å². The van der Waals surface area contributed by atoms with Gasteiger partial charge >= 0.3 is 5.97 Å². The number of benzene rings is 2. The van der Waals surface area contributed by atoms with E-state index in [1.807, 2.05) is 43.3 Å². The van der Waals surface area contributed by atoms with Crippen LogP contribution in [0.15, 0.2) is 48.5 Å². The molecule has 27 heavy (non-hydrogen) atoms. The van der Waals surface area contributed by atoms with E-state index in [1.54, 1.807) is 24.1 Å². The average Bonchev–Trinajstić information content (AvgIpc) is 2.72. The van der Waals surface area contributed by atoms with E-state index in [1.165, 1.54) is 0 Å². The van der Waals surface area contributed by atoms with E-state index in [9.17, 15) is 9.59 Å². The number of amides is 1. The second-order valence-corrected chi connectivity index (χ2v) is 6.46. The van der Waals surface area contributed by atoms with Gasteiger partial charge in [0.2, 0.25) is 0 Å². The molecule has 0 bridgehead atoms. The first kappa shape index (κ1) is 18.8. The lowest BCUT2D eigenvalue weighted by Gasteiger charge is -2.36. The van der Waals surface area contributed by atoms with Crippen LogP contribution in [0.4, 0.5) is 5.69 Å². The van der Waals surface area contributed by atoms with Gasteiger partial charge in [0.05, 0.1) is 12.7 Å². The molecule has 1 fully saturated rings. The van der Waals surface area contributed by atoms with Crippen LogP contribution in [0.25, 0.3) is 0 Å². The van der Waals surface area contributed by atoms with Crippen LogP contribution in [0.5, 0.6) is 5.75 Å². The first-order valence-corrected chi connectivity index (χ1v) is 8.98. The van der Waals surface area contributed by atoms with Crippen molar-refractivity contribution in [1.29, 1.82) is 0 Å². The van der Waals surface area contributed by atoms with Crippen LogP contribution in [0.3, 0.4) is 0 Å². The second-order valence-electron chi connectivity index (χ2n) is 6.46. The third-order valence-electron chi connectivity index (χ3n) is 4.76. The molecular weight excluding hydrogens is 344 g/mol. The standard InChI is InChI=1S/C21H24N2O4/c1-16-5-3-4-6-19(16)21(25)27-15-20(24)23-13-11-22(12-14-23)17-7-9-18(26-2)10-8-17/h3-10H,11-15H2,1-2H3. The number of carbonyl (C=O) groups excluding carboxylic acids is 2. The minimum atomic E-state index is -0.460. The van der Waals surface area contributed by atoms with Gasteiger partial charge in [0.15, 0.2) is 6.61 Å². The highest BCUT2D eigenvalue weighted by molar-refractivity contribution is 5.92. The lowest BCUT2D eigenvalue weighted by Crippen LogP contribution is -2.49. The summed E-state index contributed by atoms with van der Waals surface area (Å²) in [5.74, 6) is 0.202. The molecule has 1 saturated heterocycles. The zero-order valence-corrected chi connectivity index (χ0v) is 15.7. The Labute approximate surface area is 159 Å². The molecular formula is C21H24N2O4. The van der Waals surface area contributed by atoms with Crippen molar-refractivity contribution < 1.29 is 19.1 Å². The Hall–Kier alpha value is -3.02. The first-order chi connectivity index (χ1) is 13.1. The smallest absolute Gasteiger partial charge is 0.338 e. The average molecular weight is 368 g/mol. The molecule has 0 atom stereocenters. The Morgan fingerprint density at radius 1 is 0.963 bits per heavy atom. The Kier molecular flexibility index (Phi) is 5.96. The summed E-state index contributed by atoms with van der Waals surface area (Å²) in [5, 5.41) is 0. The molecule has 0 saturated carbocycles. The zero-order valence-electron chi connectivity index (χ0n) is 15.7. The molecule has 0 aliphatic carbocycles. The van der Waals surface area contributed by atoms with Gasteiger partial charge in [-0.05, 0) is 42.8 Å². The maximum atomic E-state index is 12.4. The molecule has 2 aromatic rings. The molecule has 0 unspecified atom stereocenters. The zero-order chi connectivity index (χ0) is 19.2. The number of piperazine rings is 1. The molecule has 0 aromatic heterocycles. The van der Waals surface area contributed by atoms with E-state index in [2.05, 4.69) is 4.90 Å². The minimum absolute atomic E-state index is 0.161. The summed E-state index contributed by atoms with van der Waals surface area (Å²) in [6.07, 6.45) is 0. The van der Waals surface area contributed by atoms with Gasteiger partial charge in [-0.2, -0.15) is 0 Å². The van der Waals surface area contributed by atoms with Crippen molar-refractivity contribution >= 4 is 17.6 Å². The van der Waals surface area contributed by atoms with Gasteiger partial charge in [0.25, 0.3) is 5.91 Å². The molecule has 1 aliphatic rings. The van der Waals surface area contributed by atoms with Crippen molar-refractivity contribution in [2.45, 2.75) is 6.92 Å². The van der Waals surface area contributed by atoms with Crippen molar-refractivity contribution in [2.24, 2.45) is 0 Å². The Morgan fingerprint density at radius 3 is 2.26 bits per heavy atom. The predicted octanol–water partition coefficient (Wildman–Crippen LogP) is 2.51. The maximum absolute atomic E-state index is 12.4. The predicted molar refractivity (Wildman–Crippen MR) is 103 cm³/mol. The number of anilines is 1. The van der Waals surface area contributed by atoms with E-state index < -0.39 is 5.97 Å². The SMILES string of the molecule is COc1ccc(N2CCN(C(=O)COC(=O)c3ccccc3C)CC2)cc1. The molecule has 0 radical (unpaired) electrons. The van der Waals surface area contributed by atoms with Crippen LogP contribution in [0.1, 0.15) is 15.9 Å². The Balaban J connectivity index is 1.48. The number of rotatable bonds is 5. The van der Waals surface area contributed by atoms with Crippen molar-refractivity contribution in [3.05, 3.63) is 59.7 Å². The van der Waals surface area contributed by atoms with Gasteiger partial charge in [0.1, 0.15) is 5.75 Å². The van der Waals surface area contributed by atoms with Crippen LogP contribution < -0.4 is 9.64 Å². The fourth-order valence-electron chi connectivity index (χ4n) is 3.11. The van der Waals surface area contributed by atoms with E-state index in [4.69, 9.17) is 9.47 Å².